The fourth-order valence-corrected chi connectivity index (χ4v) is 1.37. The van der Waals surface area contributed by atoms with Crippen LogP contribution in [0.25, 0.3) is 0 Å². The van der Waals surface area contributed by atoms with Gasteiger partial charge in [0.2, 0.25) is 0 Å². The zero-order chi connectivity index (χ0) is 11.3. The third-order valence-electron chi connectivity index (χ3n) is 2.37. The standard InChI is InChI=1S/C12H18N2O.ClH/c1-10-4-6-11(7-5-10)12(13-15)8-9-14(2)3;/h4-7,15H,8-9H2,1-3H3;1H. The summed E-state index contributed by atoms with van der Waals surface area (Å²) < 4.78 is 0. The van der Waals surface area contributed by atoms with E-state index in [0.29, 0.717) is 0 Å². The number of quaternary nitrogens is 1. The van der Waals surface area contributed by atoms with Crippen LogP contribution in [0.2, 0.25) is 0 Å². The molecule has 0 aromatic heterocycles. The van der Waals surface area contributed by atoms with E-state index in [9.17, 15) is 0 Å². The van der Waals surface area contributed by atoms with Gasteiger partial charge in [-0.05, 0) is 12.5 Å². The van der Waals surface area contributed by atoms with E-state index in [1.54, 1.807) is 0 Å². The Balaban J connectivity index is 0.00000225. The Morgan fingerprint density at radius 3 is 2.25 bits per heavy atom. The van der Waals surface area contributed by atoms with E-state index >= 15 is 0 Å². The van der Waals surface area contributed by atoms with Crippen molar-refractivity contribution in [1.29, 1.82) is 0 Å². The lowest BCUT2D eigenvalue weighted by Crippen LogP contribution is -3.05. The van der Waals surface area contributed by atoms with Crippen molar-refractivity contribution in [3.8, 4) is 0 Å². The Bertz CT molecular complexity index is 333. The molecule has 0 amide bonds. The van der Waals surface area contributed by atoms with Crippen LogP contribution < -0.4 is 17.3 Å². The van der Waals surface area contributed by atoms with Crippen LogP contribution in [-0.2, 0) is 0 Å². The van der Waals surface area contributed by atoms with Crippen LogP contribution in [0.15, 0.2) is 29.4 Å². The third kappa shape index (κ3) is 4.64. The van der Waals surface area contributed by atoms with E-state index in [0.717, 1.165) is 24.2 Å². The predicted octanol–water partition coefficient (Wildman–Crippen LogP) is -2.29. The largest absolute Gasteiger partial charge is 1.00 e. The molecule has 1 rings (SSSR count). The molecule has 16 heavy (non-hydrogen) atoms. The summed E-state index contributed by atoms with van der Waals surface area (Å²) in [7, 11) is 4.17. The molecule has 0 saturated heterocycles. The highest BCUT2D eigenvalue weighted by Crippen LogP contribution is 2.06. The van der Waals surface area contributed by atoms with Gasteiger partial charge in [0, 0.05) is 6.42 Å². The molecule has 3 nitrogen and oxygen atoms in total. The van der Waals surface area contributed by atoms with Crippen LogP contribution in [0, 0.1) is 6.92 Å². The summed E-state index contributed by atoms with van der Waals surface area (Å²) in [6, 6.07) is 8.05. The lowest BCUT2D eigenvalue weighted by molar-refractivity contribution is -0.857. The quantitative estimate of drug-likeness (QED) is 0.348. The minimum Gasteiger partial charge on any atom is -1.00 e. The summed E-state index contributed by atoms with van der Waals surface area (Å²) >= 11 is 0. The topological polar surface area (TPSA) is 37.0 Å². The van der Waals surface area contributed by atoms with Crippen molar-refractivity contribution in [2.75, 3.05) is 20.6 Å². The number of halogens is 1. The molecule has 0 radical (unpaired) electrons. The van der Waals surface area contributed by atoms with Gasteiger partial charge < -0.3 is 22.5 Å². The van der Waals surface area contributed by atoms with Crippen molar-refractivity contribution in [1.82, 2.24) is 0 Å². The van der Waals surface area contributed by atoms with Gasteiger partial charge >= 0.3 is 0 Å². The number of hydrogen-bond donors (Lipinski definition) is 2. The summed E-state index contributed by atoms with van der Waals surface area (Å²) in [4.78, 5) is 1.35. The molecule has 0 unspecified atom stereocenters. The smallest absolute Gasteiger partial charge is 0.0923 e. The van der Waals surface area contributed by atoms with E-state index in [1.165, 1.54) is 10.5 Å². The van der Waals surface area contributed by atoms with E-state index in [4.69, 9.17) is 5.21 Å². The molecule has 1 aromatic carbocycles. The number of nitrogens with zero attached hydrogens (tertiary/aromatic N) is 1. The molecule has 0 spiro atoms. The van der Waals surface area contributed by atoms with Gasteiger partial charge in [-0.1, -0.05) is 35.0 Å². The Kier molecular flexibility index (Phi) is 6.77. The summed E-state index contributed by atoms with van der Waals surface area (Å²) in [6.45, 7) is 3.01. The fourth-order valence-electron chi connectivity index (χ4n) is 1.37. The molecular formula is C12H19ClN2O. The molecule has 2 N–H and O–H groups in total. The number of benzene rings is 1. The normalized spacial score (nSPS) is 11.4. The Morgan fingerprint density at radius 1 is 1.25 bits per heavy atom. The maximum Gasteiger partial charge on any atom is 0.0923 e. The second-order valence-electron chi connectivity index (χ2n) is 4.12. The van der Waals surface area contributed by atoms with E-state index < -0.39 is 0 Å². The van der Waals surface area contributed by atoms with Crippen molar-refractivity contribution in [2.45, 2.75) is 13.3 Å². The van der Waals surface area contributed by atoms with Gasteiger partial charge in [-0.25, -0.2) is 0 Å². The predicted molar refractivity (Wildman–Crippen MR) is 61.8 cm³/mol. The van der Waals surface area contributed by atoms with Crippen LogP contribution in [0.1, 0.15) is 17.5 Å². The van der Waals surface area contributed by atoms with Crippen molar-refractivity contribution in [2.24, 2.45) is 5.16 Å². The highest BCUT2D eigenvalue weighted by atomic mass is 35.5. The van der Waals surface area contributed by atoms with Gasteiger partial charge in [0.15, 0.2) is 0 Å². The molecule has 0 aliphatic rings. The lowest BCUT2D eigenvalue weighted by atomic mass is 10.1. The highest BCUT2D eigenvalue weighted by molar-refractivity contribution is 6.00. The Morgan fingerprint density at radius 2 is 1.81 bits per heavy atom. The fraction of sp³-hybridized carbons (Fsp3) is 0.417. The average Bonchev–Trinajstić information content (AvgIpc) is 2.21. The molecule has 0 atom stereocenters. The van der Waals surface area contributed by atoms with E-state index in [-0.39, 0.29) is 12.4 Å². The molecule has 4 heteroatoms. The zero-order valence-electron chi connectivity index (χ0n) is 10.00. The summed E-state index contributed by atoms with van der Waals surface area (Å²) in [5.74, 6) is 0. The Labute approximate surface area is 103 Å². The number of aryl methyl sites for hydroxylation is 1. The maximum absolute atomic E-state index is 8.94. The molecule has 0 heterocycles. The van der Waals surface area contributed by atoms with E-state index in [1.807, 2.05) is 31.2 Å². The second kappa shape index (κ2) is 7.25. The SMILES string of the molecule is Cc1ccc(C(CC[NH+](C)C)=NO)cc1.[Cl-]. The monoisotopic (exact) mass is 242 g/mol. The van der Waals surface area contributed by atoms with Gasteiger partial charge in [0.1, 0.15) is 0 Å². The molecule has 0 bridgehead atoms. The van der Waals surface area contributed by atoms with Gasteiger partial charge in [0.05, 0.1) is 26.4 Å². The van der Waals surface area contributed by atoms with Gasteiger partial charge in [-0.3, -0.25) is 0 Å². The first kappa shape index (κ1) is 14.9. The average molecular weight is 243 g/mol. The first-order chi connectivity index (χ1) is 7.13. The third-order valence-corrected chi connectivity index (χ3v) is 2.37. The maximum atomic E-state index is 8.94. The van der Waals surface area contributed by atoms with Gasteiger partial charge in [-0.2, -0.15) is 0 Å². The van der Waals surface area contributed by atoms with E-state index in [2.05, 4.69) is 19.3 Å². The van der Waals surface area contributed by atoms with Crippen molar-refractivity contribution < 1.29 is 22.5 Å². The first-order valence-electron chi connectivity index (χ1n) is 5.20. The summed E-state index contributed by atoms with van der Waals surface area (Å²) in [5.41, 5.74) is 2.98. The van der Waals surface area contributed by atoms with Crippen LogP contribution in [0.5, 0.6) is 0 Å². The molecule has 90 valence electrons. The molecule has 0 saturated carbocycles. The number of nitrogens with one attached hydrogen (secondary N) is 1. The second-order valence-corrected chi connectivity index (χ2v) is 4.12. The summed E-state index contributed by atoms with van der Waals surface area (Å²) in [5, 5.41) is 12.3. The molecule has 0 aliphatic heterocycles. The number of oxime groups is 1. The van der Waals surface area contributed by atoms with Crippen molar-refractivity contribution >= 4 is 5.71 Å². The molecule has 0 fully saturated rings. The lowest BCUT2D eigenvalue weighted by Gasteiger charge is -2.08. The van der Waals surface area contributed by atoms with Crippen LogP contribution in [-0.4, -0.2) is 31.6 Å². The molecular weight excluding hydrogens is 224 g/mol. The van der Waals surface area contributed by atoms with Gasteiger partial charge in [-0.15, -0.1) is 0 Å². The van der Waals surface area contributed by atoms with Crippen LogP contribution in [0.4, 0.5) is 0 Å². The summed E-state index contributed by atoms with van der Waals surface area (Å²) in [6.07, 6.45) is 0.794. The van der Waals surface area contributed by atoms with Crippen molar-refractivity contribution in [3.63, 3.8) is 0 Å². The molecule has 0 aliphatic carbocycles. The van der Waals surface area contributed by atoms with Gasteiger partial charge in [0.25, 0.3) is 0 Å². The zero-order valence-corrected chi connectivity index (χ0v) is 10.8. The minimum absolute atomic E-state index is 0. The first-order valence-corrected chi connectivity index (χ1v) is 5.20. The Hall–Kier alpha value is -1.06. The molecule has 1 aromatic rings. The highest BCUT2D eigenvalue weighted by Gasteiger charge is 2.06. The number of rotatable bonds is 4. The van der Waals surface area contributed by atoms with Crippen molar-refractivity contribution in [3.05, 3.63) is 35.4 Å². The number of hydrogen-bond acceptors (Lipinski definition) is 2. The minimum atomic E-state index is 0. The van der Waals surface area contributed by atoms with Crippen LogP contribution in [0.3, 0.4) is 0 Å². The van der Waals surface area contributed by atoms with Crippen LogP contribution >= 0.6 is 0 Å².